The van der Waals surface area contributed by atoms with Crippen LogP contribution in [0.15, 0.2) is 42.5 Å². The lowest BCUT2D eigenvalue weighted by molar-refractivity contribution is 0.0505. The van der Waals surface area contributed by atoms with Gasteiger partial charge in [-0.25, -0.2) is 0 Å². The zero-order valence-corrected chi connectivity index (χ0v) is 17.2. The predicted octanol–water partition coefficient (Wildman–Crippen LogP) is 4.35. The van der Waals surface area contributed by atoms with Crippen molar-refractivity contribution in [1.29, 1.82) is 0 Å². The summed E-state index contributed by atoms with van der Waals surface area (Å²) in [6, 6.07) is 14.4. The molecular weight excluding hydrogens is 338 g/mol. The van der Waals surface area contributed by atoms with E-state index in [0.29, 0.717) is 12.6 Å². The fraction of sp³-hybridized carbons (Fsp3) is 0.478. The van der Waals surface area contributed by atoms with Crippen LogP contribution in [0.5, 0.6) is 11.5 Å². The van der Waals surface area contributed by atoms with E-state index in [1.807, 2.05) is 24.3 Å². The van der Waals surface area contributed by atoms with Crippen LogP contribution in [0.25, 0.3) is 0 Å². The molecule has 148 valence electrons. The molecule has 27 heavy (non-hydrogen) atoms. The number of aryl methyl sites for hydroxylation is 2. The third kappa shape index (κ3) is 6.56. The summed E-state index contributed by atoms with van der Waals surface area (Å²) in [5.74, 6) is 1.53. The summed E-state index contributed by atoms with van der Waals surface area (Å²) >= 11 is 0. The molecule has 1 N–H and O–H groups in total. The number of aliphatic hydroxyl groups excluding tert-OH is 1. The lowest BCUT2D eigenvalue weighted by Crippen LogP contribution is -2.40. The lowest BCUT2D eigenvalue weighted by Gasteiger charge is -2.31. The minimum Gasteiger partial charge on any atom is -0.497 e. The summed E-state index contributed by atoms with van der Waals surface area (Å²) in [5.41, 5.74) is 3.88. The first-order valence-electron chi connectivity index (χ1n) is 9.68. The fourth-order valence-corrected chi connectivity index (χ4v) is 3.09. The molecule has 0 aromatic heterocycles. The van der Waals surface area contributed by atoms with Crippen molar-refractivity contribution >= 4 is 0 Å². The third-order valence-corrected chi connectivity index (χ3v) is 5.03. The Morgan fingerprint density at radius 1 is 1.04 bits per heavy atom. The molecule has 0 fully saturated rings. The highest BCUT2D eigenvalue weighted by molar-refractivity contribution is 5.31. The van der Waals surface area contributed by atoms with Gasteiger partial charge in [0.2, 0.25) is 0 Å². The van der Waals surface area contributed by atoms with E-state index in [1.165, 1.54) is 16.7 Å². The molecule has 0 aliphatic heterocycles. The van der Waals surface area contributed by atoms with Gasteiger partial charge in [-0.2, -0.15) is 0 Å². The Hall–Kier alpha value is -2.04. The average Bonchev–Trinajstić information content (AvgIpc) is 2.67. The zero-order chi connectivity index (χ0) is 19.8. The normalized spacial score (nSPS) is 13.4. The Balaban J connectivity index is 1.95. The van der Waals surface area contributed by atoms with E-state index in [1.54, 1.807) is 7.11 Å². The number of ether oxygens (including phenoxy) is 2. The molecule has 0 amide bonds. The number of aliphatic hydroxyl groups is 1. The van der Waals surface area contributed by atoms with Gasteiger partial charge in [0.15, 0.2) is 0 Å². The first-order valence-corrected chi connectivity index (χ1v) is 9.68. The SMILES string of the molecule is CC[C@H](C)N(Cc1ccc(C)cc1C)C[C@H](O)COc1ccc(OC)cc1. The number of benzene rings is 2. The molecule has 0 aliphatic rings. The van der Waals surface area contributed by atoms with Gasteiger partial charge in [0.1, 0.15) is 24.2 Å². The molecule has 0 bridgehead atoms. The molecule has 2 aromatic carbocycles. The first kappa shape index (κ1) is 21.3. The van der Waals surface area contributed by atoms with Gasteiger partial charge in [0.25, 0.3) is 0 Å². The highest BCUT2D eigenvalue weighted by atomic mass is 16.5. The monoisotopic (exact) mass is 371 g/mol. The topological polar surface area (TPSA) is 41.9 Å². The Morgan fingerprint density at radius 3 is 2.30 bits per heavy atom. The number of rotatable bonds is 10. The van der Waals surface area contributed by atoms with E-state index >= 15 is 0 Å². The van der Waals surface area contributed by atoms with Crippen molar-refractivity contribution in [2.75, 3.05) is 20.3 Å². The largest absolute Gasteiger partial charge is 0.497 e. The van der Waals surface area contributed by atoms with Crippen molar-refractivity contribution in [1.82, 2.24) is 4.90 Å². The smallest absolute Gasteiger partial charge is 0.119 e. The van der Waals surface area contributed by atoms with Crippen molar-refractivity contribution in [2.45, 2.75) is 52.8 Å². The molecule has 0 spiro atoms. The summed E-state index contributed by atoms with van der Waals surface area (Å²) in [5, 5.41) is 10.5. The fourth-order valence-electron chi connectivity index (χ4n) is 3.09. The van der Waals surface area contributed by atoms with E-state index in [9.17, 15) is 5.11 Å². The maximum Gasteiger partial charge on any atom is 0.119 e. The standard InChI is InChI=1S/C23H33NO3/c1-6-19(4)24(14-20-8-7-17(2)13-18(20)3)15-21(25)16-27-23-11-9-22(26-5)10-12-23/h7-13,19,21,25H,6,14-16H2,1-5H3/t19-,21-/m0/s1. The predicted molar refractivity (Wildman–Crippen MR) is 111 cm³/mol. The summed E-state index contributed by atoms with van der Waals surface area (Å²) < 4.78 is 10.9. The minimum absolute atomic E-state index is 0.270. The van der Waals surface area contributed by atoms with Crippen LogP contribution in [0.4, 0.5) is 0 Å². The van der Waals surface area contributed by atoms with E-state index in [0.717, 1.165) is 24.5 Å². The molecule has 0 saturated heterocycles. The van der Waals surface area contributed by atoms with Gasteiger partial charge < -0.3 is 14.6 Å². The molecule has 4 heteroatoms. The second-order valence-corrected chi connectivity index (χ2v) is 7.26. The van der Waals surface area contributed by atoms with Crippen LogP contribution in [0.3, 0.4) is 0 Å². The molecule has 0 unspecified atom stereocenters. The lowest BCUT2D eigenvalue weighted by atomic mass is 10.0. The van der Waals surface area contributed by atoms with Crippen molar-refractivity contribution < 1.29 is 14.6 Å². The quantitative estimate of drug-likeness (QED) is 0.674. The summed E-state index contributed by atoms with van der Waals surface area (Å²) in [6.45, 7) is 10.3. The Bertz CT molecular complexity index is 699. The summed E-state index contributed by atoms with van der Waals surface area (Å²) in [4.78, 5) is 2.33. The molecule has 2 aromatic rings. The number of hydrogen-bond acceptors (Lipinski definition) is 4. The highest BCUT2D eigenvalue weighted by Crippen LogP contribution is 2.19. The van der Waals surface area contributed by atoms with Gasteiger partial charge >= 0.3 is 0 Å². The van der Waals surface area contributed by atoms with E-state index < -0.39 is 6.10 Å². The van der Waals surface area contributed by atoms with Crippen molar-refractivity contribution in [3.63, 3.8) is 0 Å². The van der Waals surface area contributed by atoms with Crippen molar-refractivity contribution in [2.24, 2.45) is 0 Å². The van der Waals surface area contributed by atoms with Crippen LogP contribution in [0.1, 0.15) is 37.0 Å². The molecule has 0 aliphatic carbocycles. The van der Waals surface area contributed by atoms with Gasteiger partial charge in [-0.3, -0.25) is 4.90 Å². The van der Waals surface area contributed by atoms with Gasteiger partial charge in [-0.1, -0.05) is 30.7 Å². The molecule has 2 rings (SSSR count). The van der Waals surface area contributed by atoms with Gasteiger partial charge in [0.05, 0.1) is 7.11 Å². The highest BCUT2D eigenvalue weighted by Gasteiger charge is 2.18. The Kier molecular flexibility index (Phi) is 8.14. The van der Waals surface area contributed by atoms with Crippen molar-refractivity contribution in [3.8, 4) is 11.5 Å². The van der Waals surface area contributed by atoms with E-state index in [4.69, 9.17) is 9.47 Å². The third-order valence-electron chi connectivity index (χ3n) is 5.03. The van der Waals surface area contributed by atoms with Crippen molar-refractivity contribution in [3.05, 3.63) is 59.2 Å². The Labute approximate surface area is 163 Å². The van der Waals surface area contributed by atoms with Crippen LogP contribution in [-0.4, -0.2) is 42.4 Å². The average molecular weight is 372 g/mol. The van der Waals surface area contributed by atoms with Crippen LogP contribution >= 0.6 is 0 Å². The molecule has 0 saturated carbocycles. The summed E-state index contributed by atoms with van der Waals surface area (Å²) in [7, 11) is 1.64. The number of nitrogens with zero attached hydrogens (tertiary/aromatic N) is 1. The van der Waals surface area contributed by atoms with Crippen LogP contribution in [0, 0.1) is 13.8 Å². The Morgan fingerprint density at radius 2 is 1.70 bits per heavy atom. The molecule has 0 radical (unpaired) electrons. The molecular formula is C23H33NO3. The molecule has 0 heterocycles. The number of hydrogen-bond donors (Lipinski definition) is 1. The van der Waals surface area contributed by atoms with Gasteiger partial charge in [-0.05, 0) is 62.6 Å². The molecule has 2 atom stereocenters. The number of methoxy groups -OCH3 is 1. The van der Waals surface area contributed by atoms with E-state index in [-0.39, 0.29) is 6.61 Å². The van der Waals surface area contributed by atoms with Gasteiger partial charge in [0, 0.05) is 19.1 Å². The molecule has 4 nitrogen and oxygen atoms in total. The van der Waals surface area contributed by atoms with E-state index in [2.05, 4.69) is 50.8 Å². The second-order valence-electron chi connectivity index (χ2n) is 7.26. The van der Waals surface area contributed by atoms with Crippen LogP contribution in [-0.2, 0) is 6.54 Å². The maximum atomic E-state index is 10.5. The zero-order valence-electron chi connectivity index (χ0n) is 17.2. The van der Waals surface area contributed by atoms with Gasteiger partial charge in [-0.15, -0.1) is 0 Å². The van der Waals surface area contributed by atoms with Crippen LogP contribution in [0.2, 0.25) is 0 Å². The maximum absolute atomic E-state index is 10.5. The van der Waals surface area contributed by atoms with Crippen LogP contribution < -0.4 is 9.47 Å². The summed E-state index contributed by atoms with van der Waals surface area (Å²) in [6.07, 6.45) is 0.489. The first-order chi connectivity index (χ1) is 12.9. The second kappa shape index (κ2) is 10.3. The minimum atomic E-state index is -0.549.